The molecule has 3 aliphatic carbocycles. The summed E-state index contributed by atoms with van der Waals surface area (Å²) in [6, 6.07) is 0.914. The number of pyridine rings is 1. The summed E-state index contributed by atoms with van der Waals surface area (Å²) in [5.74, 6) is -4.33. The molecule has 4 fully saturated rings. The number of fused-ring (bicyclic) bond motifs is 5. The number of nitrogens with one attached hydrogen (secondary N) is 4. The summed E-state index contributed by atoms with van der Waals surface area (Å²) in [5.41, 5.74) is -7.00. The van der Waals surface area contributed by atoms with Gasteiger partial charge >= 0.3 is 18.4 Å². The van der Waals surface area contributed by atoms with E-state index in [4.69, 9.17) is 18.9 Å². The van der Waals surface area contributed by atoms with E-state index in [9.17, 15) is 36.0 Å². The molecule has 2 aromatic rings. The van der Waals surface area contributed by atoms with Crippen molar-refractivity contribution in [2.24, 2.45) is 5.92 Å². The number of rotatable bonds is 8. The Kier molecular flexibility index (Phi) is 12.5. The fourth-order valence-corrected chi connectivity index (χ4v) is 11.7. The van der Waals surface area contributed by atoms with Crippen molar-refractivity contribution in [3.05, 3.63) is 41.6 Å². The van der Waals surface area contributed by atoms with Gasteiger partial charge in [-0.3, -0.25) is 19.1 Å². The Labute approximate surface area is 397 Å². The van der Waals surface area contributed by atoms with Crippen LogP contribution in [0, 0.1) is 5.92 Å². The van der Waals surface area contributed by atoms with E-state index in [1.165, 1.54) is 39.2 Å². The van der Waals surface area contributed by atoms with E-state index in [1.54, 1.807) is 26.8 Å². The molecular formula is C45H57F3N6O13S2. The molecule has 24 heteroatoms. The Bertz CT molecular complexity index is 2740. The fraction of sp³-hybridized carbons (Fsp3) is 0.644. The van der Waals surface area contributed by atoms with Gasteiger partial charge < -0.3 is 34.5 Å². The van der Waals surface area contributed by atoms with Crippen LogP contribution in [0.4, 0.5) is 22.8 Å². The first-order valence-electron chi connectivity index (χ1n) is 22.9. The molecule has 4 heterocycles. The quantitative estimate of drug-likeness (QED) is 0.244. The van der Waals surface area contributed by atoms with Crippen LogP contribution >= 0.6 is 0 Å². The molecule has 0 unspecified atom stereocenters. The minimum absolute atomic E-state index is 0.0129. The van der Waals surface area contributed by atoms with Crippen molar-refractivity contribution < 1.29 is 72.9 Å². The van der Waals surface area contributed by atoms with Gasteiger partial charge in [-0.05, 0) is 104 Å². The summed E-state index contributed by atoms with van der Waals surface area (Å²) >= 11 is 0. The second-order valence-electron chi connectivity index (χ2n) is 20.6. The van der Waals surface area contributed by atoms with Gasteiger partial charge in [-0.15, -0.1) is 0 Å². The topological polar surface area (TPSA) is 255 Å². The molecule has 3 saturated carbocycles. The molecule has 378 valence electrons. The highest BCUT2D eigenvalue weighted by Crippen LogP contribution is 2.54. The maximum atomic E-state index is 15.3. The van der Waals surface area contributed by atoms with Gasteiger partial charge in [-0.25, -0.2) is 36.1 Å². The number of nitrogens with zero attached hydrogens (tertiary/aromatic N) is 2. The van der Waals surface area contributed by atoms with Gasteiger partial charge in [-0.2, -0.15) is 13.2 Å². The highest BCUT2D eigenvalue weighted by atomic mass is 32.2. The smallest absolute Gasteiger partial charge is 0.437 e. The molecule has 3 aliphatic heterocycles. The number of halogens is 3. The number of sulfonamides is 2. The Hall–Kier alpha value is -5.39. The molecular weight excluding hydrogens is 954 g/mol. The van der Waals surface area contributed by atoms with Gasteiger partial charge in [0.1, 0.15) is 40.7 Å². The fourth-order valence-electron chi connectivity index (χ4n) is 9.28. The summed E-state index contributed by atoms with van der Waals surface area (Å²) in [7, 11) is -7.23. The highest BCUT2D eigenvalue weighted by Gasteiger charge is 2.64. The zero-order chi connectivity index (χ0) is 50.3. The first kappa shape index (κ1) is 50.0. The molecule has 6 aliphatic rings. The van der Waals surface area contributed by atoms with Crippen molar-refractivity contribution in [3.8, 4) is 11.5 Å². The van der Waals surface area contributed by atoms with E-state index in [-0.39, 0.29) is 47.9 Å². The number of hydrogen-bond acceptors (Lipinski definition) is 14. The Morgan fingerprint density at radius 3 is 2.20 bits per heavy atom. The van der Waals surface area contributed by atoms with Gasteiger partial charge in [0.15, 0.2) is 11.4 Å². The normalized spacial score (nSPS) is 29.0. The summed E-state index contributed by atoms with van der Waals surface area (Å²) in [5, 5.41) is 5.30. The van der Waals surface area contributed by atoms with Gasteiger partial charge in [0, 0.05) is 29.7 Å². The van der Waals surface area contributed by atoms with Crippen molar-refractivity contribution in [1.82, 2.24) is 30.0 Å². The van der Waals surface area contributed by atoms with Crippen LogP contribution in [0.15, 0.2) is 30.4 Å². The second-order valence-corrected chi connectivity index (χ2v) is 25.0. The number of alkyl carbamates (subject to hydrolysis) is 1. The molecule has 0 radical (unpaired) electrons. The van der Waals surface area contributed by atoms with E-state index < -0.39 is 137 Å². The summed E-state index contributed by atoms with van der Waals surface area (Å²) in [4.78, 5) is 76.1. The maximum Gasteiger partial charge on any atom is 0.437 e. The lowest BCUT2D eigenvalue weighted by Crippen LogP contribution is -2.58. The summed E-state index contributed by atoms with van der Waals surface area (Å²) in [6.45, 7) is 7.05. The third kappa shape index (κ3) is 9.88. The van der Waals surface area contributed by atoms with Crippen LogP contribution < -0.4 is 29.6 Å². The number of carbonyl (C=O) groups excluding carboxylic acids is 5. The van der Waals surface area contributed by atoms with Crippen LogP contribution in [0.5, 0.6) is 11.5 Å². The number of alkyl halides is 3. The van der Waals surface area contributed by atoms with Crippen LogP contribution in [-0.4, -0.2) is 109 Å². The van der Waals surface area contributed by atoms with E-state index in [1.807, 2.05) is 10.8 Å². The lowest BCUT2D eigenvalue weighted by atomic mass is 9.84. The minimum Gasteiger partial charge on any atom is -0.497 e. The predicted molar refractivity (Wildman–Crippen MR) is 239 cm³/mol. The summed E-state index contributed by atoms with van der Waals surface area (Å²) in [6.07, 6.45) is -3.96. The molecule has 4 N–H and O–H groups in total. The largest absolute Gasteiger partial charge is 0.497 e. The molecule has 1 spiro atoms. The third-order valence-electron chi connectivity index (χ3n) is 14.0. The van der Waals surface area contributed by atoms with E-state index in [0.29, 0.717) is 38.5 Å². The van der Waals surface area contributed by atoms with Crippen molar-refractivity contribution >= 4 is 60.9 Å². The molecule has 1 aromatic heterocycles. The third-order valence-corrected chi connectivity index (χ3v) is 18.3. The Morgan fingerprint density at radius 1 is 0.913 bits per heavy atom. The number of benzene rings is 1. The number of carbonyl (C=O) groups is 5. The second kappa shape index (κ2) is 17.2. The zero-order valence-electron chi connectivity index (χ0n) is 39.0. The molecule has 0 bridgehead atoms. The first-order valence-corrected chi connectivity index (χ1v) is 25.9. The molecule has 69 heavy (non-hydrogen) atoms. The van der Waals surface area contributed by atoms with Crippen molar-refractivity contribution in [1.29, 1.82) is 0 Å². The number of aromatic nitrogens is 1. The van der Waals surface area contributed by atoms with Gasteiger partial charge in [0.05, 0.1) is 28.7 Å². The minimum atomic E-state index is -5.22. The Balaban J connectivity index is 1.23. The molecule has 1 aromatic carbocycles. The molecule has 8 rings (SSSR count). The van der Waals surface area contributed by atoms with E-state index >= 15 is 18.0 Å². The average Bonchev–Trinajstić information content (AvgIpc) is 4.20. The van der Waals surface area contributed by atoms with Crippen LogP contribution in [0.1, 0.15) is 129 Å². The monoisotopic (exact) mass is 1010 g/mol. The van der Waals surface area contributed by atoms with Crippen LogP contribution in [-0.2, 0) is 50.1 Å². The van der Waals surface area contributed by atoms with Gasteiger partial charge in [-0.1, -0.05) is 25.0 Å². The maximum absolute atomic E-state index is 15.3. The van der Waals surface area contributed by atoms with Crippen LogP contribution in [0.25, 0.3) is 10.9 Å². The molecule has 1 saturated heterocycles. The molecule has 6 atom stereocenters. The van der Waals surface area contributed by atoms with Crippen molar-refractivity contribution in [2.75, 3.05) is 13.7 Å². The zero-order valence-corrected chi connectivity index (χ0v) is 40.7. The van der Waals surface area contributed by atoms with Crippen LogP contribution in [0.3, 0.4) is 0 Å². The lowest BCUT2D eigenvalue weighted by molar-refractivity contribution is -0.145. The lowest BCUT2D eigenvalue weighted by Gasteiger charge is -2.40. The van der Waals surface area contributed by atoms with Crippen LogP contribution in [0.2, 0.25) is 0 Å². The average molecular weight is 1010 g/mol. The van der Waals surface area contributed by atoms with Gasteiger partial charge in [0.2, 0.25) is 31.9 Å². The number of amides is 5. The number of methoxy groups -OCH3 is 1. The number of allylic oxidation sites excluding steroid dienone is 1. The first-order chi connectivity index (χ1) is 32.0. The molecule has 5 amide bonds. The van der Waals surface area contributed by atoms with Crippen molar-refractivity contribution in [2.45, 2.75) is 162 Å². The SMILES string of the molecule is COc1ccc2nc(C(F)(F)F)c3c(c2c1)[C@H](OC(=O)NS(=O)(=O)C1(C)CC1)C[C@]1(C[C@H]2C(=O)N[C@]4(C(=O)NS(=O)(=O)C5(C)CC5)C[C@H]4/C=C\CCCCC[C@H](NC(=O)OC(C)(C)C)C(=O)N2C1)O3. The van der Waals surface area contributed by atoms with Crippen molar-refractivity contribution in [3.63, 3.8) is 0 Å². The number of ether oxygens (including phenoxy) is 4. The molecule has 19 nitrogen and oxygen atoms in total. The number of hydrogen-bond donors (Lipinski definition) is 4. The van der Waals surface area contributed by atoms with Gasteiger partial charge in [0.25, 0.3) is 5.91 Å². The standard InChI is InChI=1S/C45H57F3N6O13S2/c1-40(2,3)67-38(58)50-29-13-11-9-7-8-10-12-25-21-44(25,37(57)52-68(60,61)41(4)16-17-41)51-35(55)30-22-43(24-54(30)36(29)56)23-31(65-39(59)53-69(62,63)42(5)18-19-42)32-27-20-26(64-6)14-15-28(27)49-34(33(32)66-43)45(46,47)48/h10,12,14-15,20,25,29-31H,7-9,11,13,16-19,21-24H2,1-6H3,(H,50,58)(H,51,55)(H,52,57)(H,53,59)/b12-10-/t25-,29+,30+,31-,43+,44-/m1/s1. The highest BCUT2D eigenvalue weighted by molar-refractivity contribution is 7.92. The Morgan fingerprint density at radius 2 is 1.58 bits per heavy atom. The van der Waals surface area contributed by atoms with E-state index in [0.717, 1.165) is 4.90 Å². The van der Waals surface area contributed by atoms with E-state index in [2.05, 4.69) is 20.3 Å². The predicted octanol–water partition coefficient (Wildman–Crippen LogP) is 5.32. The summed E-state index contributed by atoms with van der Waals surface area (Å²) < 4.78 is 124.